The van der Waals surface area contributed by atoms with Crippen molar-refractivity contribution in [3.05, 3.63) is 46.8 Å². The van der Waals surface area contributed by atoms with E-state index in [1.165, 1.54) is 17.8 Å². The molecule has 0 spiro atoms. The number of aromatic carboxylic acids is 1. The molecule has 0 saturated heterocycles. The van der Waals surface area contributed by atoms with Crippen molar-refractivity contribution in [2.75, 3.05) is 0 Å². The van der Waals surface area contributed by atoms with Crippen molar-refractivity contribution in [3.63, 3.8) is 0 Å². The van der Waals surface area contributed by atoms with Gasteiger partial charge in [0.25, 0.3) is 0 Å². The monoisotopic (exact) mass is 308 g/mol. The number of aryl methyl sites for hydroxylation is 3. The molecule has 0 bridgehead atoms. The van der Waals surface area contributed by atoms with Gasteiger partial charge < -0.3 is 5.11 Å². The molecule has 0 atom stereocenters. The number of aromatic nitrogens is 2. The number of carboxylic acid groups (broad SMARTS) is 1. The van der Waals surface area contributed by atoms with Gasteiger partial charge in [-0.2, -0.15) is 5.10 Å². The number of carboxylic acids is 1. The first kappa shape index (κ1) is 15.2. The summed E-state index contributed by atoms with van der Waals surface area (Å²) < 4.78 is 26.2. The lowest BCUT2D eigenvalue weighted by molar-refractivity contribution is 0.0696. The van der Waals surface area contributed by atoms with Crippen molar-refractivity contribution < 1.29 is 18.3 Å². The molecule has 0 saturated carbocycles. The van der Waals surface area contributed by atoms with E-state index < -0.39 is 21.6 Å². The Balaban J connectivity index is 2.44. The Morgan fingerprint density at radius 3 is 2.52 bits per heavy atom. The van der Waals surface area contributed by atoms with E-state index in [-0.39, 0.29) is 16.2 Å². The number of rotatable bonds is 4. The zero-order valence-electron chi connectivity index (χ0n) is 12.0. The van der Waals surface area contributed by atoms with Gasteiger partial charge in [0, 0.05) is 7.05 Å². The van der Waals surface area contributed by atoms with E-state index in [4.69, 9.17) is 5.11 Å². The molecule has 6 nitrogen and oxygen atoms in total. The van der Waals surface area contributed by atoms with Crippen LogP contribution in [0.3, 0.4) is 0 Å². The summed E-state index contributed by atoms with van der Waals surface area (Å²) >= 11 is 0. The van der Waals surface area contributed by atoms with Crippen LogP contribution in [-0.4, -0.2) is 29.3 Å². The number of hydrogen-bond acceptors (Lipinski definition) is 4. The fraction of sp³-hybridized carbons (Fsp3) is 0.286. The van der Waals surface area contributed by atoms with E-state index >= 15 is 0 Å². The Bertz CT molecular complexity index is 806. The van der Waals surface area contributed by atoms with Crippen LogP contribution in [0.4, 0.5) is 0 Å². The van der Waals surface area contributed by atoms with Gasteiger partial charge in [0.15, 0.2) is 9.84 Å². The molecule has 0 radical (unpaired) electrons. The Kier molecular flexibility index (Phi) is 3.87. The number of benzene rings is 1. The van der Waals surface area contributed by atoms with Crippen LogP contribution in [-0.2, 0) is 22.6 Å². The first-order valence-electron chi connectivity index (χ1n) is 6.26. The molecule has 1 aromatic heterocycles. The summed E-state index contributed by atoms with van der Waals surface area (Å²) in [6.07, 6.45) is 1.16. The van der Waals surface area contributed by atoms with E-state index in [1.54, 1.807) is 12.1 Å². The minimum Gasteiger partial charge on any atom is -0.478 e. The van der Waals surface area contributed by atoms with Gasteiger partial charge in [-0.05, 0) is 37.1 Å². The second-order valence-electron chi connectivity index (χ2n) is 4.94. The molecule has 2 rings (SSSR count). The van der Waals surface area contributed by atoms with Gasteiger partial charge in [0.1, 0.15) is 5.56 Å². The van der Waals surface area contributed by atoms with Gasteiger partial charge in [-0.25, -0.2) is 13.2 Å². The highest BCUT2D eigenvalue weighted by Gasteiger charge is 2.23. The predicted molar refractivity (Wildman–Crippen MR) is 77.0 cm³/mol. The third kappa shape index (κ3) is 2.97. The Morgan fingerprint density at radius 1 is 1.29 bits per heavy atom. The summed E-state index contributed by atoms with van der Waals surface area (Å²) in [6, 6.07) is 4.87. The highest BCUT2D eigenvalue weighted by Crippen LogP contribution is 2.21. The number of hydrogen-bond donors (Lipinski definition) is 1. The molecule has 21 heavy (non-hydrogen) atoms. The van der Waals surface area contributed by atoms with E-state index in [9.17, 15) is 13.2 Å². The average Bonchev–Trinajstić information content (AvgIpc) is 2.74. The van der Waals surface area contributed by atoms with E-state index in [1.807, 2.05) is 13.8 Å². The van der Waals surface area contributed by atoms with Crippen LogP contribution in [0, 0.1) is 13.8 Å². The maximum absolute atomic E-state index is 12.5. The maximum Gasteiger partial charge on any atom is 0.339 e. The van der Waals surface area contributed by atoms with Gasteiger partial charge in [0.05, 0.1) is 22.5 Å². The molecule has 1 heterocycles. The molecule has 2 aromatic rings. The van der Waals surface area contributed by atoms with Crippen molar-refractivity contribution >= 4 is 15.8 Å². The normalized spacial score (nSPS) is 11.6. The topological polar surface area (TPSA) is 89.3 Å². The summed E-state index contributed by atoms with van der Waals surface area (Å²) in [6.45, 7) is 3.73. The smallest absolute Gasteiger partial charge is 0.339 e. The maximum atomic E-state index is 12.5. The van der Waals surface area contributed by atoms with Crippen LogP contribution < -0.4 is 0 Å². The number of sulfone groups is 1. The van der Waals surface area contributed by atoms with Crippen LogP contribution in [0.1, 0.15) is 27.2 Å². The fourth-order valence-corrected chi connectivity index (χ4v) is 3.48. The summed E-state index contributed by atoms with van der Waals surface area (Å²) in [4.78, 5) is 11.3. The Labute approximate surface area is 123 Å². The van der Waals surface area contributed by atoms with E-state index in [0.29, 0.717) is 0 Å². The van der Waals surface area contributed by atoms with Crippen LogP contribution in [0.15, 0.2) is 29.3 Å². The molecule has 1 aromatic carbocycles. The van der Waals surface area contributed by atoms with Gasteiger partial charge in [-0.1, -0.05) is 6.07 Å². The molecule has 0 aliphatic carbocycles. The highest BCUT2D eigenvalue weighted by atomic mass is 32.2. The molecule has 7 heteroatoms. The largest absolute Gasteiger partial charge is 0.478 e. The second-order valence-corrected chi connectivity index (χ2v) is 6.93. The van der Waals surface area contributed by atoms with Gasteiger partial charge in [0.2, 0.25) is 0 Å². The van der Waals surface area contributed by atoms with E-state index in [0.717, 1.165) is 17.3 Å². The summed E-state index contributed by atoms with van der Waals surface area (Å²) in [7, 11) is -2.10. The molecule has 112 valence electrons. The number of carbonyl (C=O) groups is 1. The standard InChI is InChI=1S/C14H16N2O4S/c1-9-4-5-11(6-10(9)2)21(19,20)8-13-12(14(17)18)7-15-16(13)3/h4-7H,8H2,1-3H3,(H,17,18). The summed E-state index contributed by atoms with van der Waals surface area (Å²) in [5.74, 6) is -1.58. The fourth-order valence-electron chi connectivity index (χ4n) is 1.98. The van der Waals surface area contributed by atoms with Crippen molar-refractivity contribution in [1.82, 2.24) is 9.78 Å². The molecule has 0 aliphatic heterocycles. The van der Waals surface area contributed by atoms with Crippen LogP contribution >= 0.6 is 0 Å². The van der Waals surface area contributed by atoms with Crippen molar-refractivity contribution in [1.29, 1.82) is 0 Å². The third-order valence-corrected chi connectivity index (χ3v) is 5.08. The zero-order chi connectivity index (χ0) is 15.8. The summed E-state index contributed by atoms with van der Waals surface area (Å²) in [5.41, 5.74) is 1.95. The summed E-state index contributed by atoms with van der Waals surface area (Å²) in [5, 5.41) is 12.9. The van der Waals surface area contributed by atoms with Crippen LogP contribution in [0.2, 0.25) is 0 Å². The number of nitrogens with zero attached hydrogens (tertiary/aromatic N) is 2. The lowest BCUT2D eigenvalue weighted by atomic mass is 10.1. The molecule has 0 unspecified atom stereocenters. The third-order valence-electron chi connectivity index (χ3n) is 3.46. The molecule has 0 fully saturated rings. The Morgan fingerprint density at radius 2 is 1.95 bits per heavy atom. The van der Waals surface area contributed by atoms with Gasteiger partial charge in [-0.15, -0.1) is 0 Å². The highest BCUT2D eigenvalue weighted by molar-refractivity contribution is 7.90. The average molecular weight is 308 g/mol. The predicted octanol–water partition coefficient (Wildman–Crippen LogP) is 1.71. The molecule has 0 aliphatic rings. The first-order chi connectivity index (χ1) is 9.72. The van der Waals surface area contributed by atoms with Crippen molar-refractivity contribution in [3.8, 4) is 0 Å². The van der Waals surface area contributed by atoms with E-state index in [2.05, 4.69) is 5.10 Å². The lowest BCUT2D eigenvalue weighted by Gasteiger charge is -2.08. The molecular formula is C14H16N2O4S. The lowest BCUT2D eigenvalue weighted by Crippen LogP contribution is -2.12. The minimum absolute atomic E-state index is 0.0927. The van der Waals surface area contributed by atoms with Crippen LogP contribution in [0.5, 0.6) is 0 Å². The Hall–Kier alpha value is -2.15. The molecule has 1 N–H and O–H groups in total. The quantitative estimate of drug-likeness (QED) is 0.928. The van der Waals surface area contributed by atoms with Crippen molar-refractivity contribution in [2.45, 2.75) is 24.5 Å². The minimum atomic E-state index is -3.63. The molecular weight excluding hydrogens is 292 g/mol. The zero-order valence-corrected chi connectivity index (χ0v) is 12.8. The van der Waals surface area contributed by atoms with Crippen molar-refractivity contribution in [2.24, 2.45) is 7.05 Å². The SMILES string of the molecule is Cc1ccc(S(=O)(=O)Cc2c(C(=O)O)cnn2C)cc1C. The van der Waals surface area contributed by atoms with Gasteiger partial charge in [-0.3, -0.25) is 4.68 Å². The molecule has 0 amide bonds. The second kappa shape index (κ2) is 5.33. The van der Waals surface area contributed by atoms with Gasteiger partial charge >= 0.3 is 5.97 Å². The van der Waals surface area contributed by atoms with Crippen LogP contribution in [0.25, 0.3) is 0 Å². The first-order valence-corrected chi connectivity index (χ1v) is 7.92.